The molecule has 1 aromatic heterocycles. The molecule has 40 heavy (non-hydrogen) atoms. The summed E-state index contributed by atoms with van der Waals surface area (Å²) in [6, 6.07) is 23.7. The van der Waals surface area contributed by atoms with Gasteiger partial charge < -0.3 is 14.8 Å². The van der Waals surface area contributed by atoms with E-state index in [0.717, 1.165) is 5.75 Å². The van der Waals surface area contributed by atoms with Gasteiger partial charge in [0.1, 0.15) is 24.7 Å². The van der Waals surface area contributed by atoms with E-state index in [-0.39, 0.29) is 16.0 Å². The summed E-state index contributed by atoms with van der Waals surface area (Å²) in [4.78, 5) is 20.9. The third-order valence-corrected chi connectivity index (χ3v) is 6.87. The number of nitrogens with one attached hydrogen (secondary N) is 3. The monoisotopic (exact) mass is 577 g/mol. The van der Waals surface area contributed by atoms with Crippen molar-refractivity contribution in [3.8, 4) is 11.5 Å². The van der Waals surface area contributed by atoms with E-state index in [0.29, 0.717) is 41.6 Å². The summed E-state index contributed by atoms with van der Waals surface area (Å²) in [5, 5.41) is 5.52. The number of rotatable bonds is 10. The van der Waals surface area contributed by atoms with Crippen LogP contribution in [0.3, 0.4) is 0 Å². The number of sulfonamides is 1. The number of para-hydroxylation sites is 1. The number of benzene rings is 3. The van der Waals surface area contributed by atoms with Crippen LogP contribution in [-0.2, 0) is 10.0 Å². The van der Waals surface area contributed by atoms with Crippen molar-refractivity contribution in [2.75, 3.05) is 23.3 Å². The van der Waals surface area contributed by atoms with Crippen molar-refractivity contribution in [2.45, 2.75) is 18.7 Å². The fourth-order valence-corrected chi connectivity index (χ4v) is 4.72. The molecule has 0 atom stereocenters. The van der Waals surface area contributed by atoms with Gasteiger partial charge >= 0.3 is 0 Å². The van der Waals surface area contributed by atoms with Gasteiger partial charge in [-0.2, -0.15) is 0 Å². The van der Waals surface area contributed by atoms with Crippen LogP contribution in [0.4, 0.5) is 11.6 Å². The summed E-state index contributed by atoms with van der Waals surface area (Å²) in [6.07, 6.45) is 0. The van der Waals surface area contributed by atoms with Gasteiger partial charge in [0.15, 0.2) is 5.11 Å². The smallest absolute Gasteiger partial charge is 0.264 e. The molecule has 10 nitrogen and oxygen atoms in total. The minimum Gasteiger partial charge on any atom is -0.490 e. The number of hydrogen-bond acceptors (Lipinski definition) is 8. The van der Waals surface area contributed by atoms with Crippen molar-refractivity contribution in [1.29, 1.82) is 0 Å². The minimum atomic E-state index is -3.90. The number of carbonyl (C=O) groups is 1. The maximum Gasteiger partial charge on any atom is 0.264 e. The van der Waals surface area contributed by atoms with E-state index in [1.165, 1.54) is 24.3 Å². The molecule has 1 amide bonds. The maximum absolute atomic E-state index is 12.7. The number of ether oxygens (including phenoxy) is 2. The predicted molar refractivity (Wildman–Crippen MR) is 156 cm³/mol. The summed E-state index contributed by atoms with van der Waals surface area (Å²) < 4.78 is 39.1. The van der Waals surface area contributed by atoms with Crippen molar-refractivity contribution in [1.82, 2.24) is 15.3 Å². The largest absolute Gasteiger partial charge is 0.490 e. The first-order chi connectivity index (χ1) is 19.2. The second-order valence-corrected chi connectivity index (χ2v) is 10.6. The van der Waals surface area contributed by atoms with Crippen LogP contribution < -0.4 is 24.8 Å². The molecule has 0 saturated carbocycles. The normalized spacial score (nSPS) is 10.8. The van der Waals surface area contributed by atoms with Gasteiger partial charge in [0.2, 0.25) is 5.95 Å². The third kappa shape index (κ3) is 8.22. The lowest BCUT2D eigenvalue weighted by Crippen LogP contribution is -2.34. The van der Waals surface area contributed by atoms with Crippen LogP contribution in [0.1, 0.15) is 21.7 Å². The Kier molecular flexibility index (Phi) is 9.25. The Morgan fingerprint density at radius 1 is 0.825 bits per heavy atom. The van der Waals surface area contributed by atoms with Crippen LogP contribution in [0.15, 0.2) is 89.8 Å². The second-order valence-electron chi connectivity index (χ2n) is 8.55. The van der Waals surface area contributed by atoms with Gasteiger partial charge in [-0.05, 0) is 86.7 Å². The minimum absolute atomic E-state index is 0.00132. The van der Waals surface area contributed by atoms with Gasteiger partial charge in [-0.3, -0.25) is 10.1 Å². The molecule has 0 spiro atoms. The Bertz CT molecular complexity index is 1580. The lowest BCUT2D eigenvalue weighted by atomic mass is 10.2. The first-order valence-electron chi connectivity index (χ1n) is 12.2. The van der Waals surface area contributed by atoms with Crippen molar-refractivity contribution >= 4 is 44.9 Å². The molecule has 0 fully saturated rings. The fourth-order valence-electron chi connectivity index (χ4n) is 3.57. The van der Waals surface area contributed by atoms with Crippen LogP contribution in [-0.4, -0.2) is 42.6 Å². The molecule has 0 saturated heterocycles. The van der Waals surface area contributed by atoms with Crippen LogP contribution in [0.25, 0.3) is 0 Å². The van der Waals surface area contributed by atoms with Crippen molar-refractivity contribution in [3.05, 3.63) is 102 Å². The number of amides is 1. The maximum atomic E-state index is 12.7. The van der Waals surface area contributed by atoms with Crippen LogP contribution in [0.2, 0.25) is 0 Å². The lowest BCUT2D eigenvalue weighted by molar-refractivity contribution is 0.0977. The zero-order chi connectivity index (χ0) is 28.5. The van der Waals surface area contributed by atoms with Gasteiger partial charge in [0.25, 0.3) is 15.9 Å². The Morgan fingerprint density at radius 3 is 2.12 bits per heavy atom. The summed E-state index contributed by atoms with van der Waals surface area (Å²) in [5.41, 5.74) is 2.13. The van der Waals surface area contributed by atoms with E-state index < -0.39 is 15.9 Å². The molecule has 206 valence electrons. The average molecular weight is 578 g/mol. The van der Waals surface area contributed by atoms with Crippen molar-refractivity contribution < 1.29 is 22.7 Å². The Hall–Kier alpha value is -4.55. The summed E-state index contributed by atoms with van der Waals surface area (Å²) in [7, 11) is -3.90. The van der Waals surface area contributed by atoms with Gasteiger partial charge in [-0.1, -0.05) is 24.3 Å². The molecule has 4 aromatic rings. The molecule has 0 unspecified atom stereocenters. The number of hydrogen-bond donors (Lipinski definition) is 3. The Morgan fingerprint density at radius 2 is 1.45 bits per heavy atom. The third-order valence-electron chi connectivity index (χ3n) is 5.32. The predicted octanol–water partition coefficient (Wildman–Crippen LogP) is 4.48. The molecule has 0 bridgehead atoms. The first kappa shape index (κ1) is 28.5. The zero-order valence-corrected chi connectivity index (χ0v) is 23.4. The molecular weight excluding hydrogens is 550 g/mol. The molecule has 3 aromatic carbocycles. The molecule has 4 rings (SSSR count). The van der Waals surface area contributed by atoms with Crippen LogP contribution in [0, 0.1) is 13.8 Å². The standard InChI is InChI=1S/C28H27N5O5S2/c1-19-17-20(2)30-27(29-19)33-40(35,36)25-13-11-22(12-14-25)31-28(39)32-26(34)21-7-6-10-24(18-21)38-16-15-37-23-8-4-3-5-9-23/h3-14,17-18H,15-16H2,1-2H3,(H,29,30,33)(H2,31,32,34,39). The zero-order valence-electron chi connectivity index (χ0n) is 21.7. The number of thiocarbonyl (C=S) groups is 1. The molecule has 1 heterocycles. The Balaban J connectivity index is 1.28. The number of carbonyl (C=O) groups excluding carboxylic acids is 1. The number of nitrogens with zero attached hydrogens (tertiary/aromatic N) is 2. The number of aromatic nitrogens is 2. The van der Waals surface area contributed by atoms with E-state index in [4.69, 9.17) is 21.7 Å². The molecule has 3 N–H and O–H groups in total. The summed E-state index contributed by atoms with van der Waals surface area (Å²) >= 11 is 5.26. The van der Waals surface area contributed by atoms with Crippen molar-refractivity contribution in [3.63, 3.8) is 0 Å². The highest BCUT2D eigenvalue weighted by atomic mass is 32.2. The molecule has 0 aliphatic rings. The van der Waals surface area contributed by atoms with E-state index in [9.17, 15) is 13.2 Å². The number of aryl methyl sites for hydroxylation is 2. The van der Waals surface area contributed by atoms with Gasteiger partial charge in [-0.15, -0.1) is 0 Å². The van der Waals surface area contributed by atoms with E-state index in [1.807, 2.05) is 30.3 Å². The van der Waals surface area contributed by atoms with Gasteiger partial charge in [0.05, 0.1) is 4.90 Å². The average Bonchev–Trinajstić information content (AvgIpc) is 2.91. The second kappa shape index (κ2) is 13.0. The quantitative estimate of drug-likeness (QED) is 0.184. The molecule has 0 aliphatic carbocycles. The molecule has 0 radical (unpaired) electrons. The van der Waals surface area contributed by atoms with Crippen molar-refractivity contribution in [2.24, 2.45) is 0 Å². The van der Waals surface area contributed by atoms with Gasteiger partial charge in [0, 0.05) is 22.6 Å². The van der Waals surface area contributed by atoms with Gasteiger partial charge in [-0.25, -0.2) is 23.1 Å². The molecular formula is C28H27N5O5S2. The molecule has 12 heteroatoms. The Labute approximate surface area is 237 Å². The first-order valence-corrected chi connectivity index (χ1v) is 14.1. The van der Waals surface area contributed by atoms with E-state index >= 15 is 0 Å². The van der Waals surface area contributed by atoms with Crippen LogP contribution >= 0.6 is 12.2 Å². The molecule has 0 aliphatic heterocycles. The van der Waals surface area contributed by atoms with E-state index in [1.54, 1.807) is 44.2 Å². The number of anilines is 2. The van der Waals surface area contributed by atoms with Crippen LogP contribution in [0.5, 0.6) is 11.5 Å². The highest BCUT2D eigenvalue weighted by Gasteiger charge is 2.16. The fraction of sp³-hybridized carbons (Fsp3) is 0.143. The lowest BCUT2D eigenvalue weighted by Gasteiger charge is -2.12. The highest BCUT2D eigenvalue weighted by Crippen LogP contribution is 2.18. The van der Waals surface area contributed by atoms with E-state index in [2.05, 4.69) is 25.3 Å². The highest BCUT2D eigenvalue weighted by molar-refractivity contribution is 7.92. The topological polar surface area (TPSA) is 132 Å². The summed E-state index contributed by atoms with van der Waals surface area (Å²) in [5.74, 6) is 0.832. The SMILES string of the molecule is Cc1cc(C)nc(NS(=O)(=O)c2ccc(NC(=S)NC(=O)c3cccc(OCCOc4ccccc4)c3)cc2)n1. The summed E-state index contributed by atoms with van der Waals surface area (Å²) in [6.45, 7) is 4.16.